The molecule has 0 heterocycles. The highest BCUT2D eigenvalue weighted by molar-refractivity contribution is 7.89. The van der Waals surface area contributed by atoms with Crippen LogP contribution >= 0.6 is 0 Å². The normalized spacial score (nSPS) is 11.1. The van der Waals surface area contributed by atoms with Gasteiger partial charge in [-0.2, -0.15) is 0 Å². The molecule has 2 aromatic rings. The molecule has 0 aliphatic rings. The Morgan fingerprint density at radius 1 is 0.885 bits per heavy atom. The molecular formula is C18H20N2O5S. The first-order valence-electron chi connectivity index (χ1n) is 8.01. The molecule has 138 valence electrons. The molecule has 3 N–H and O–H groups in total. The molecular weight excluding hydrogens is 356 g/mol. The summed E-state index contributed by atoms with van der Waals surface area (Å²) >= 11 is 0. The molecule has 0 aliphatic heterocycles. The smallest absolute Gasteiger partial charge is 0.336 e. The molecule has 1 amide bonds. The summed E-state index contributed by atoms with van der Waals surface area (Å²) in [7, 11) is -3.46. The molecule has 7 nitrogen and oxygen atoms in total. The molecule has 0 radical (unpaired) electrons. The van der Waals surface area contributed by atoms with Gasteiger partial charge in [0.25, 0.3) is 5.91 Å². The zero-order valence-electron chi connectivity index (χ0n) is 14.0. The van der Waals surface area contributed by atoms with Gasteiger partial charge in [-0.1, -0.05) is 42.5 Å². The summed E-state index contributed by atoms with van der Waals surface area (Å²) in [6, 6.07) is 15.1. The number of hydrogen-bond donors (Lipinski definition) is 3. The lowest BCUT2D eigenvalue weighted by atomic mass is 10.1. The molecule has 0 saturated carbocycles. The van der Waals surface area contributed by atoms with Crippen molar-refractivity contribution in [2.75, 3.05) is 18.8 Å². The molecule has 0 spiro atoms. The molecule has 26 heavy (non-hydrogen) atoms. The summed E-state index contributed by atoms with van der Waals surface area (Å²) in [5, 5.41) is 11.6. The van der Waals surface area contributed by atoms with E-state index in [2.05, 4.69) is 10.0 Å². The topological polar surface area (TPSA) is 113 Å². The Kier molecular flexibility index (Phi) is 6.88. The highest BCUT2D eigenvalue weighted by Gasteiger charge is 2.15. The molecule has 0 unspecified atom stereocenters. The van der Waals surface area contributed by atoms with Crippen molar-refractivity contribution >= 4 is 21.9 Å². The summed E-state index contributed by atoms with van der Waals surface area (Å²) in [5.41, 5.74) is 0.858. The molecule has 0 saturated heterocycles. The second-order valence-electron chi connectivity index (χ2n) is 5.56. The Hall–Kier alpha value is -2.71. The van der Waals surface area contributed by atoms with Gasteiger partial charge in [0.05, 0.1) is 16.9 Å². The summed E-state index contributed by atoms with van der Waals surface area (Å²) in [5.74, 6) is -1.81. The Bertz CT molecular complexity index is 866. The van der Waals surface area contributed by atoms with E-state index in [9.17, 15) is 18.0 Å². The highest BCUT2D eigenvalue weighted by Crippen LogP contribution is 2.08. The van der Waals surface area contributed by atoms with Crippen LogP contribution in [0.4, 0.5) is 0 Å². The van der Waals surface area contributed by atoms with Crippen molar-refractivity contribution in [3.63, 3.8) is 0 Å². The van der Waals surface area contributed by atoms with Crippen LogP contribution in [0.15, 0.2) is 54.6 Å². The summed E-state index contributed by atoms with van der Waals surface area (Å²) in [4.78, 5) is 23.2. The van der Waals surface area contributed by atoms with Crippen LogP contribution in [0.25, 0.3) is 0 Å². The zero-order valence-corrected chi connectivity index (χ0v) is 14.8. The third-order valence-electron chi connectivity index (χ3n) is 3.64. The van der Waals surface area contributed by atoms with Crippen LogP contribution in [0.5, 0.6) is 0 Å². The number of aromatic carboxylic acids is 1. The number of benzene rings is 2. The third-order valence-corrected chi connectivity index (χ3v) is 5.02. The van der Waals surface area contributed by atoms with Crippen LogP contribution in [-0.2, 0) is 16.4 Å². The number of amides is 1. The van der Waals surface area contributed by atoms with E-state index < -0.39 is 21.9 Å². The van der Waals surface area contributed by atoms with Crippen molar-refractivity contribution in [1.29, 1.82) is 0 Å². The lowest BCUT2D eigenvalue weighted by Crippen LogP contribution is -2.36. The van der Waals surface area contributed by atoms with E-state index in [0.717, 1.165) is 5.56 Å². The average Bonchev–Trinajstić information content (AvgIpc) is 2.64. The minimum absolute atomic E-state index is 0.0259. The second kappa shape index (κ2) is 9.12. The van der Waals surface area contributed by atoms with Gasteiger partial charge in [0.2, 0.25) is 10.0 Å². The van der Waals surface area contributed by atoms with Crippen LogP contribution < -0.4 is 10.0 Å². The van der Waals surface area contributed by atoms with E-state index in [1.807, 2.05) is 30.3 Å². The van der Waals surface area contributed by atoms with Crippen molar-refractivity contribution in [3.05, 3.63) is 71.3 Å². The van der Waals surface area contributed by atoms with Crippen molar-refractivity contribution < 1.29 is 23.1 Å². The molecule has 0 aliphatic carbocycles. The number of aryl methyl sites for hydroxylation is 1. The summed E-state index contributed by atoms with van der Waals surface area (Å²) < 4.78 is 26.3. The van der Waals surface area contributed by atoms with Gasteiger partial charge < -0.3 is 10.4 Å². The number of carbonyl (C=O) groups excluding carboxylic acids is 1. The van der Waals surface area contributed by atoms with Crippen LogP contribution in [0.1, 0.15) is 26.3 Å². The number of carboxylic acid groups (broad SMARTS) is 1. The maximum absolute atomic E-state index is 12.1. The van der Waals surface area contributed by atoms with Gasteiger partial charge in [-0.15, -0.1) is 0 Å². The van der Waals surface area contributed by atoms with Gasteiger partial charge >= 0.3 is 5.97 Å². The summed E-state index contributed by atoms with van der Waals surface area (Å²) in [6.07, 6.45) is 0.397. The summed E-state index contributed by atoms with van der Waals surface area (Å²) in [6.45, 7) is 0.0788. The van der Waals surface area contributed by atoms with Crippen LogP contribution in [-0.4, -0.2) is 44.2 Å². The predicted octanol–water partition coefficient (Wildman–Crippen LogP) is 1.28. The van der Waals surface area contributed by atoms with Gasteiger partial charge in [0.1, 0.15) is 0 Å². The highest BCUT2D eigenvalue weighted by atomic mass is 32.2. The Balaban J connectivity index is 1.79. The van der Waals surface area contributed by atoms with Crippen LogP contribution in [0.3, 0.4) is 0 Å². The monoisotopic (exact) mass is 376 g/mol. The molecule has 0 atom stereocenters. The van der Waals surface area contributed by atoms with Crippen molar-refractivity contribution in [3.8, 4) is 0 Å². The number of hydrogen-bond acceptors (Lipinski definition) is 4. The Morgan fingerprint density at radius 3 is 2.15 bits per heavy atom. The average molecular weight is 376 g/mol. The molecule has 0 fully saturated rings. The largest absolute Gasteiger partial charge is 0.478 e. The lowest BCUT2D eigenvalue weighted by molar-refractivity contribution is 0.0691. The fourth-order valence-corrected chi connectivity index (χ4v) is 3.38. The van der Waals surface area contributed by atoms with Crippen LogP contribution in [0, 0.1) is 0 Å². The first-order chi connectivity index (χ1) is 12.4. The van der Waals surface area contributed by atoms with Gasteiger partial charge in [0, 0.05) is 13.1 Å². The van der Waals surface area contributed by atoms with Gasteiger partial charge in [-0.3, -0.25) is 4.79 Å². The quantitative estimate of drug-likeness (QED) is 0.571. The Morgan fingerprint density at radius 2 is 1.50 bits per heavy atom. The lowest BCUT2D eigenvalue weighted by Gasteiger charge is -2.09. The molecule has 2 aromatic carbocycles. The van der Waals surface area contributed by atoms with Crippen molar-refractivity contribution in [2.45, 2.75) is 6.42 Å². The Labute approximate surface area is 152 Å². The minimum Gasteiger partial charge on any atom is -0.478 e. The maximum atomic E-state index is 12.1. The van der Waals surface area contributed by atoms with Gasteiger partial charge in [-0.25, -0.2) is 17.9 Å². The predicted molar refractivity (Wildman–Crippen MR) is 97.7 cm³/mol. The zero-order chi connectivity index (χ0) is 19.0. The van der Waals surface area contributed by atoms with E-state index in [-0.39, 0.29) is 30.0 Å². The number of carbonyl (C=O) groups is 2. The standard InChI is InChI=1S/C18H20N2O5S/c21-17(15-8-4-5-9-16(15)18(22)23)19-11-12-20-26(24,25)13-10-14-6-2-1-3-7-14/h1-9,20H,10-13H2,(H,19,21)(H,22,23). The van der Waals surface area contributed by atoms with Crippen LogP contribution in [0.2, 0.25) is 0 Å². The SMILES string of the molecule is O=C(O)c1ccccc1C(=O)NCCNS(=O)(=O)CCc1ccccc1. The maximum Gasteiger partial charge on any atom is 0.336 e. The first-order valence-corrected chi connectivity index (χ1v) is 9.66. The fraction of sp³-hybridized carbons (Fsp3) is 0.222. The van der Waals surface area contributed by atoms with Crippen molar-refractivity contribution in [1.82, 2.24) is 10.0 Å². The number of rotatable bonds is 9. The van der Waals surface area contributed by atoms with Gasteiger partial charge in [0.15, 0.2) is 0 Å². The van der Waals surface area contributed by atoms with Gasteiger partial charge in [-0.05, 0) is 24.1 Å². The number of sulfonamides is 1. The minimum atomic E-state index is -3.46. The molecule has 8 heteroatoms. The van der Waals surface area contributed by atoms with E-state index in [1.54, 1.807) is 6.07 Å². The van der Waals surface area contributed by atoms with E-state index in [0.29, 0.717) is 6.42 Å². The second-order valence-corrected chi connectivity index (χ2v) is 7.48. The molecule has 0 aromatic heterocycles. The molecule has 2 rings (SSSR count). The first kappa shape index (κ1) is 19.6. The fourth-order valence-electron chi connectivity index (χ4n) is 2.31. The van der Waals surface area contributed by atoms with E-state index in [4.69, 9.17) is 5.11 Å². The number of nitrogens with one attached hydrogen (secondary N) is 2. The third kappa shape index (κ3) is 5.98. The van der Waals surface area contributed by atoms with E-state index >= 15 is 0 Å². The number of carboxylic acids is 1. The van der Waals surface area contributed by atoms with E-state index in [1.165, 1.54) is 18.2 Å². The molecule has 0 bridgehead atoms. The van der Waals surface area contributed by atoms with Crippen molar-refractivity contribution in [2.24, 2.45) is 0 Å².